The fourth-order valence-electron chi connectivity index (χ4n) is 5.60. The Morgan fingerprint density at radius 3 is 0.685 bits per heavy atom. The third-order valence-electron chi connectivity index (χ3n) is 7.57. The second kappa shape index (κ2) is 20.9. The number of fused-ring (bicyclic) bond motifs is 4. The fourth-order valence-corrected chi connectivity index (χ4v) is 5.60. The first-order valence-corrected chi connectivity index (χ1v) is 17.2. The molecule has 4 aromatic carbocycles. The zero-order valence-corrected chi connectivity index (χ0v) is 33.6. The quantitative estimate of drug-likeness (QED) is 0.158. The molecule has 2 aliphatic heterocycles. The van der Waals surface area contributed by atoms with Crippen LogP contribution in [0.4, 0.5) is 45.5 Å². The third kappa shape index (κ3) is 13.0. The van der Waals surface area contributed by atoms with Gasteiger partial charge >= 0.3 is 34.1 Å². The number of nitrogens with zero attached hydrogens (tertiary/aromatic N) is 8. The number of aliphatic imine (C=N–C) groups is 4. The summed E-state index contributed by atoms with van der Waals surface area (Å²) >= 11 is 0. The van der Waals surface area contributed by atoms with Crippen molar-refractivity contribution in [2.75, 3.05) is 0 Å². The van der Waals surface area contributed by atoms with Gasteiger partial charge < -0.3 is 21.3 Å². The molecule has 282 valence electrons. The van der Waals surface area contributed by atoms with Crippen molar-refractivity contribution in [3.63, 3.8) is 0 Å². The minimum absolute atomic E-state index is 0. The Kier molecular flexibility index (Phi) is 16.7. The van der Waals surface area contributed by atoms with E-state index >= 15 is 0 Å². The van der Waals surface area contributed by atoms with Gasteiger partial charge in [0.15, 0.2) is 0 Å². The summed E-state index contributed by atoms with van der Waals surface area (Å²) in [6, 6.07) is 31.5. The number of allylic oxidation sites excluding steroid dienone is 8. The number of para-hydroxylation sites is 8. The molecule has 10 heteroatoms. The van der Waals surface area contributed by atoms with Gasteiger partial charge in [-0.1, -0.05) is 125 Å². The van der Waals surface area contributed by atoms with Crippen LogP contribution in [0.3, 0.4) is 0 Å². The number of hydrogen-bond donors (Lipinski definition) is 0. The van der Waals surface area contributed by atoms with E-state index in [4.69, 9.17) is 41.2 Å². The Balaban J connectivity index is 0.000000280. The maximum Gasteiger partial charge on any atom is 2.00 e. The molecule has 0 bridgehead atoms. The monoisotopic (exact) mass is 810 g/mol. The van der Waals surface area contributed by atoms with Crippen molar-refractivity contribution >= 4 is 68.3 Å². The van der Waals surface area contributed by atoms with Gasteiger partial charge in [-0.2, -0.15) is 22.8 Å². The molecule has 2 heterocycles. The zero-order valence-electron chi connectivity index (χ0n) is 31.7. The van der Waals surface area contributed by atoms with Crippen molar-refractivity contribution in [2.45, 2.75) is 55.4 Å². The van der Waals surface area contributed by atoms with Crippen molar-refractivity contribution in [2.24, 2.45) is 20.0 Å². The van der Waals surface area contributed by atoms with Gasteiger partial charge in [0.25, 0.3) is 0 Å². The molecule has 0 spiro atoms. The summed E-state index contributed by atoms with van der Waals surface area (Å²) in [5.41, 5.74) is 13.8. The first-order valence-electron chi connectivity index (χ1n) is 17.2. The maximum absolute atomic E-state index is 4.72. The van der Waals surface area contributed by atoms with Crippen LogP contribution in [0, 0.1) is 0 Å². The second-order valence-electron chi connectivity index (χ2n) is 12.6. The summed E-state index contributed by atoms with van der Waals surface area (Å²) in [5.74, 6) is 0. The Labute approximate surface area is 341 Å². The molecule has 0 atom stereocenters. The van der Waals surface area contributed by atoms with Gasteiger partial charge in [0.1, 0.15) is 0 Å². The van der Waals surface area contributed by atoms with E-state index in [0.29, 0.717) is 0 Å². The predicted octanol–water partition coefficient (Wildman–Crippen LogP) is 14.8. The van der Waals surface area contributed by atoms with Gasteiger partial charge in [-0.25, -0.2) is 0 Å². The van der Waals surface area contributed by atoms with Gasteiger partial charge in [0.2, 0.25) is 0 Å². The summed E-state index contributed by atoms with van der Waals surface area (Å²) in [6.45, 7) is 15.8. The van der Waals surface area contributed by atoms with E-state index < -0.39 is 0 Å². The van der Waals surface area contributed by atoms with Gasteiger partial charge in [-0.3, -0.25) is 20.0 Å². The zero-order chi connectivity index (χ0) is 37.0. The van der Waals surface area contributed by atoms with E-state index in [1.807, 2.05) is 177 Å². The van der Waals surface area contributed by atoms with E-state index in [-0.39, 0.29) is 34.1 Å². The summed E-state index contributed by atoms with van der Waals surface area (Å²) < 4.78 is 0. The van der Waals surface area contributed by atoms with Gasteiger partial charge in [-0.15, -0.1) is 22.7 Å². The maximum atomic E-state index is 4.72. The number of rotatable bonds is 0. The Morgan fingerprint density at radius 1 is 0.296 bits per heavy atom. The molecule has 0 aromatic heterocycles. The third-order valence-corrected chi connectivity index (χ3v) is 7.57. The predicted molar refractivity (Wildman–Crippen MR) is 224 cm³/mol. The van der Waals surface area contributed by atoms with Crippen molar-refractivity contribution < 1.29 is 34.1 Å². The van der Waals surface area contributed by atoms with Crippen LogP contribution in [0.1, 0.15) is 55.4 Å². The molecule has 0 N–H and O–H groups in total. The first-order chi connectivity index (χ1) is 25.0. The summed E-state index contributed by atoms with van der Waals surface area (Å²) in [5, 5.41) is 18.9. The van der Waals surface area contributed by atoms with Crippen LogP contribution >= 0.6 is 0 Å². The fraction of sp³-hybridized carbons (Fsp3) is 0.182. The van der Waals surface area contributed by atoms with Crippen LogP contribution in [-0.2, 0) is 34.1 Å². The van der Waals surface area contributed by atoms with Gasteiger partial charge in [0, 0.05) is 45.6 Å². The molecule has 0 saturated carbocycles. The second-order valence-corrected chi connectivity index (χ2v) is 12.6. The average molecular weight is 812 g/mol. The van der Waals surface area contributed by atoms with Gasteiger partial charge in [-0.05, 0) is 52.0 Å². The van der Waals surface area contributed by atoms with E-state index in [1.54, 1.807) is 0 Å². The van der Waals surface area contributed by atoms with E-state index in [9.17, 15) is 0 Å². The van der Waals surface area contributed by atoms with Gasteiger partial charge in [0.05, 0.1) is 0 Å². The normalized spacial score (nSPS) is 18.2. The largest absolute Gasteiger partial charge is 2.00 e. The molecule has 2 aliphatic rings. The van der Waals surface area contributed by atoms with E-state index in [0.717, 1.165) is 91.1 Å². The van der Waals surface area contributed by atoms with E-state index in [1.165, 1.54) is 0 Å². The molecule has 54 heavy (non-hydrogen) atoms. The summed E-state index contributed by atoms with van der Waals surface area (Å²) in [7, 11) is 0. The van der Waals surface area contributed by atoms with E-state index in [2.05, 4.69) is 0 Å². The molecular weight excluding hydrogens is 768 g/mol. The standard InChI is InChI=1S/2C22H22N4.2Cu/c2*1-15-13-16(2)24-21-11-7-8-12-22(21)26-18(4)14-17(3)25-20-10-6-5-9-19(20)23-15;;/h2*5-14H,1-4H3;;/q2*-2;2*+2/b2*15-13-,18-14-,24-16?,25-17?;;. The summed E-state index contributed by atoms with van der Waals surface area (Å²) in [6.07, 6.45) is 7.88. The Morgan fingerprint density at radius 2 is 0.481 bits per heavy atom. The molecule has 0 aliphatic carbocycles. The number of hydrogen-bond acceptors (Lipinski definition) is 4. The summed E-state index contributed by atoms with van der Waals surface area (Å²) in [4.78, 5) is 18.9. The molecule has 0 saturated heterocycles. The van der Waals surface area contributed by atoms with Crippen molar-refractivity contribution in [3.8, 4) is 0 Å². The Bertz CT molecular complexity index is 1880. The number of benzene rings is 4. The van der Waals surface area contributed by atoms with Crippen LogP contribution in [0.5, 0.6) is 0 Å². The van der Waals surface area contributed by atoms with Crippen LogP contribution in [0.25, 0.3) is 21.3 Å². The minimum atomic E-state index is 0. The molecule has 4 aromatic rings. The van der Waals surface area contributed by atoms with Crippen molar-refractivity contribution in [3.05, 3.63) is 165 Å². The molecule has 6 rings (SSSR count). The van der Waals surface area contributed by atoms with Crippen LogP contribution < -0.4 is 0 Å². The molecule has 0 unspecified atom stereocenters. The van der Waals surface area contributed by atoms with Crippen LogP contribution in [0.2, 0.25) is 0 Å². The SMILES string of the molecule is CC1=Nc2ccccc2[N-]/C(C)=C\C(C)=Nc2ccccc2[N-]/C(C)=C\1.CC1=Nc2ccccc2[N-]/C(C)=C\C(C)=Nc2ccccc2[N-]/C(C)=C\1.[Cu+2].[Cu+2]. The van der Waals surface area contributed by atoms with Crippen LogP contribution in [-0.4, -0.2) is 22.8 Å². The molecule has 0 fully saturated rings. The topological polar surface area (TPSA) is 106 Å². The molecule has 2 radical (unpaired) electrons. The average Bonchev–Trinajstić information content (AvgIpc) is 3.07. The van der Waals surface area contributed by atoms with Crippen molar-refractivity contribution in [1.82, 2.24) is 0 Å². The van der Waals surface area contributed by atoms with Crippen LogP contribution in [0.15, 0.2) is 164 Å². The Hall–Kier alpha value is -5.24. The molecular formula is C44H44Cu2N8. The smallest absolute Gasteiger partial charge is 0.660 e. The minimum Gasteiger partial charge on any atom is -0.660 e. The van der Waals surface area contributed by atoms with Crippen molar-refractivity contribution in [1.29, 1.82) is 0 Å². The molecule has 0 amide bonds. The first kappa shape index (κ1) is 43.2. The molecule has 8 nitrogen and oxygen atoms in total.